The molecule has 0 aliphatic carbocycles. The minimum Gasteiger partial charge on any atom is -0.481 e. The molecule has 1 fully saturated rings. The molecule has 1 saturated heterocycles. The van der Waals surface area contributed by atoms with Crippen LogP contribution >= 0.6 is 0 Å². The zero-order chi connectivity index (χ0) is 15.6. The largest absolute Gasteiger partial charge is 0.481 e. The molecule has 21 heavy (non-hydrogen) atoms. The first kappa shape index (κ1) is 15.5. The summed E-state index contributed by atoms with van der Waals surface area (Å²) in [6.07, 6.45) is 0. The minimum atomic E-state index is -3.57. The average Bonchev–Trinajstić information content (AvgIpc) is 2.34. The Labute approximate surface area is 122 Å². The summed E-state index contributed by atoms with van der Waals surface area (Å²) in [5.41, 5.74) is 0.730. The van der Waals surface area contributed by atoms with E-state index >= 15 is 0 Å². The Hall–Kier alpha value is -1.93. The topological polar surface area (TPSA) is 101 Å². The van der Waals surface area contributed by atoms with Crippen molar-refractivity contribution >= 4 is 22.0 Å². The highest BCUT2D eigenvalue weighted by Crippen LogP contribution is 2.22. The number of carboxylic acid groups (broad SMARTS) is 1. The number of ether oxygens (including phenoxy) is 1. The summed E-state index contributed by atoms with van der Waals surface area (Å²) in [6, 6.07) is 6.16. The molecule has 0 atom stereocenters. The van der Waals surface area contributed by atoms with Crippen molar-refractivity contribution in [3.05, 3.63) is 35.4 Å². The summed E-state index contributed by atoms with van der Waals surface area (Å²) in [6.45, 7) is -0.0112. The Morgan fingerprint density at radius 3 is 2.62 bits per heavy atom. The van der Waals surface area contributed by atoms with Crippen molar-refractivity contribution < 1.29 is 27.9 Å². The summed E-state index contributed by atoms with van der Waals surface area (Å²) in [5, 5.41) is 8.76. The van der Waals surface area contributed by atoms with Crippen molar-refractivity contribution in [1.82, 2.24) is 4.31 Å². The quantitative estimate of drug-likeness (QED) is 0.786. The second-order valence-electron chi connectivity index (χ2n) is 4.80. The predicted molar refractivity (Wildman–Crippen MR) is 73.1 cm³/mol. The maximum atomic E-state index is 12.1. The van der Waals surface area contributed by atoms with Crippen LogP contribution in [0.4, 0.5) is 0 Å². The lowest BCUT2D eigenvalue weighted by Gasteiger charge is -2.35. The number of carbonyl (C=O) groups excluding carboxylic acids is 1. The molecule has 1 aliphatic rings. The third-order valence-corrected chi connectivity index (χ3v) is 5.07. The Balaban J connectivity index is 2.08. The second kappa shape index (κ2) is 5.82. The highest BCUT2D eigenvalue weighted by atomic mass is 32.2. The molecule has 0 radical (unpaired) electrons. The molecule has 0 amide bonds. The van der Waals surface area contributed by atoms with Gasteiger partial charge in [0.25, 0.3) is 0 Å². The Morgan fingerprint density at radius 1 is 1.38 bits per heavy atom. The van der Waals surface area contributed by atoms with Crippen molar-refractivity contribution in [3.63, 3.8) is 0 Å². The standard InChI is InChI=1S/C13H15NO6S/c1-20-13(17)10-4-2-3-9(5-10)8-21(18,19)14-6-11(7-14)12(15)16/h2-5,11H,6-8H2,1H3,(H,15,16). The number of hydrogen-bond donors (Lipinski definition) is 1. The van der Waals surface area contributed by atoms with Crippen LogP contribution in [0.15, 0.2) is 24.3 Å². The second-order valence-corrected chi connectivity index (χ2v) is 6.77. The molecule has 1 aromatic rings. The molecule has 7 nitrogen and oxygen atoms in total. The third-order valence-electron chi connectivity index (χ3n) is 3.29. The van der Waals surface area contributed by atoms with Crippen LogP contribution < -0.4 is 0 Å². The lowest BCUT2D eigenvalue weighted by molar-refractivity contribution is -0.145. The predicted octanol–water partition coefficient (Wildman–Crippen LogP) is 0.319. The van der Waals surface area contributed by atoms with Gasteiger partial charge in [0.05, 0.1) is 24.3 Å². The number of carbonyl (C=O) groups is 2. The van der Waals surface area contributed by atoms with E-state index in [0.29, 0.717) is 5.56 Å². The maximum Gasteiger partial charge on any atom is 0.337 e. The van der Waals surface area contributed by atoms with Crippen molar-refractivity contribution in [2.45, 2.75) is 5.75 Å². The van der Waals surface area contributed by atoms with Gasteiger partial charge in [-0.25, -0.2) is 13.2 Å². The zero-order valence-electron chi connectivity index (χ0n) is 11.4. The van der Waals surface area contributed by atoms with Gasteiger partial charge in [0.1, 0.15) is 0 Å². The van der Waals surface area contributed by atoms with Crippen LogP contribution in [0.3, 0.4) is 0 Å². The van der Waals surface area contributed by atoms with Gasteiger partial charge in [0.15, 0.2) is 0 Å². The Bertz CT molecular complexity index is 663. The molecule has 1 aliphatic heterocycles. The Morgan fingerprint density at radius 2 is 2.05 bits per heavy atom. The van der Waals surface area contributed by atoms with Gasteiger partial charge in [0, 0.05) is 13.1 Å². The van der Waals surface area contributed by atoms with Gasteiger partial charge in [-0.15, -0.1) is 0 Å². The van der Waals surface area contributed by atoms with Gasteiger partial charge < -0.3 is 9.84 Å². The number of carboxylic acids is 1. The van der Waals surface area contributed by atoms with E-state index in [9.17, 15) is 18.0 Å². The van der Waals surface area contributed by atoms with E-state index in [1.807, 2.05) is 0 Å². The molecule has 0 bridgehead atoms. The molecular weight excluding hydrogens is 298 g/mol. The van der Waals surface area contributed by atoms with E-state index in [1.54, 1.807) is 12.1 Å². The normalized spacial score (nSPS) is 16.2. The van der Waals surface area contributed by atoms with Gasteiger partial charge in [-0.05, 0) is 17.7 Å². The van der Waals surface area contributed by atoms with Crippen LogP contribution in [0.25, 0.3) is 0 Å². The smallest absolute Gasteiger partial charge is 0.337 e. The monoisotopic (exact) mass is 313 g/mol. The Kier molecular flexibility index (Phi) is 4.29. The maximum absolute atomic E-state index is 12.1. The first-order chi connectivity index (χ1) is 9.83. The van der Waals surface area contributed by atoms with E-state index < -0.39 is 27.9 Å². The molecule has 0 spiro atoms. The van der Waals surface area contributed by atoms with E-state index in [1.165, 1.54) is 19.2 Å². The summed E-state index contributed by atoms with van der Waals surface area (Å²) < 4.78 is 29.9. The van der Waals surface area contributed by atoms with Crippen LogP contribution in [0.5, 0.6) is 0 Å². The molecule has 1 aromatic carbocycles. The average molecular weight is 313 g/mol. The van der Waals surface area contributed by atoms with E-state index in [2.05, 4.69) is 4.74 Å². The highest BCUT2D eigenvalue weighted by molar-refractivity contribution is 7.88. The summed E-state index contributed by atoms with van der Waals surface area (Å²) in [5.74, 6) is -2.44. The zero-order valence-corrected chi connectivity index (χ0v) is 12.2. The van der Waals surface area contributed by atoms with Crippen LogP contribution in [-0.4, -0.2) is 50.0 Å². The van der Waals surface area contributed by atoms with Crippen molar-refractivity contribution in [1.29, 1.82) is 0 Å². The first-order valence-corrected chi connectivity index (χ1v) is 7.82. The van der Waals surface area contributed by atoms with Crippen molar-refractivity contribution in [3.8, 4) is 0 Å². The lowest BCUT2D eigenvalue weighted by Crippen LogP contribution is -2.53. The van der Waals surface area contributed by atoms with Crippen molar-refractivity contribution in [2.75, 3.05) is 20.2 Å². The fraction of sp³-hybridized carbons (Fsp3) is 0.385. The molecule has 1 N–H and O–H groups in total. The third kappa shape index (κ3) is 3.40. The van der Waals surface area contributed by atoms with Gasteiger partial charge in [0.2, 0.25) is 10.0 Å². The minimum absolute atomic E-state index is 0.00560. The van der Waals surface area contributed by atoms with Crippen molar-refractivity contribution in [2.24, 2.45) is 5.92 Å². The van der Waals surface area contributed by atoms with Crippen LogP contribution in [0, 0.1) is 5.92 Å². The molecule has 0 aromatic heterocycles. The number of nitrogens with zero attached hydrogens (tertiary/aromatic N) is 1. The molecule has 1 heterocycles. The number of benzene rings is 1. The number of hydrogen-bond acceptors (Lipinski definition) is 5. The lowest BCUT2D eigenvalue weighted by atomic mass is 10.0. The summed E-state index contributed by atoms with van der Waals surface area (Å²) >= 11 is 0. The molecule has 2 rings (SSSR count). The van der Waals surface area contributed by atoms with Crippen LogP contribution in [0.2, 0.25) is 0 Å². The van der Waals surface area contributed by atoms with Gasteiger partial charge in [-0.1, -0.05) is 12.1 Å². The summed E-state index contributed by atoms with van der Waals surface area (Å²) in [7, 11) is -2.33. The van der Waals surface area contributed by atoms with E-state index in [-0.39, 0.29) is 24.4 Å². The van der Waals surface area contributed by atoms with Gasteiger partial charge in [-0.3, -0.25) is 4.79 Å². The summed E-state index contributed by atoms with van der Waals surface area (Å²) in [4.78, 5) is 22.1. The number of sulfonamides is 1. The highest BCUT2D eigenvalue weighted by Gasteiger charge is 2.39. The number of rotatable bonds is 5. The molecule has 0 saturated carbocycles. The molecular formula is C13H15NO6S. The molecule has 0 unspecified atom stereocenters. The number of esters is 1. The molecule has 114 valence electrons. The first-order valence-electron chi connectivity index (χ1n) is 6.21. The fourth-order valence-electron chi connectivity index (χ4n) is 2.03. The van der Waals surface area contributed by atoms with Crippen LogP contribution in [0.1, 0.15) is 15.9 Å². The number of aliphatic carboxylic acids is 1. The fourth-order valence-corrected chi connectivity index (χ4v) is 3.63. The molecule has 8 heteroatoms. The van der Waals surface area contributed by atoms with Crippen LogP contribution in [-0.2, 0) is 25.3 Å². The van der Waals surface area contributed by atoms with Gasteiger partial charge in [-0.2, -0.15) is 4.31 Å². The van der Waals surface area contributed by atoms with E-state index in [0.717, 1.165) is 4.31 Å². The van der Waals surface area contributed by atoms with E-state index in [4.69, 9.17) is 5.11 Å². The SMILES string of the molecule is COC(=O)c1cccc(CS(=O)(=O)N2CC(C(=O)O)C2)c1. The number of methoxy groups -OCH3 is 1. The van der Waals surface area contributed by atoms with Gasteiger partial charge >= 0.3 is 11.9 Å².